The van der Waals surface area contributed by atoms with Gasteiger partial charge in [-0.25, -0.2) is 12.7 Å². The number of carbonyl (C=O) groups is 1. The molecule has 110 valence electrons. The van der Waals surface area contributed by atoms with Crippen LogP contribution in [0.5, 0.6) is 0 Å². The van der Waals surface area contributed by atoms with Crippen LogP contribution in [0.15, 0.2) is 30.3 Å². The molecule has 6 heteroatoms. The summed E-state index contributed by atoms with van der Waals surface area (Å²) in [4.78, 5) is 12.0. The van der Waals surface area contributed by atoms with Crippen molar-refractivity contribution in [2.45, 2.75) is 24.5 Å². The van der Waals surface area contributed by atoms with Crippen molar-refractivity contribution in [2.24, 2.45) is 0 Å². The number of hydrogen-bond acceptors (Lipinski definition) is 4. The molecule has 20 heavy (non-hydrogen) atoms. The third-order valence-electron chi connectivity index (χ3n) is 3.25. The molecule has 1 saturated carbocycles. The molecule has 0 saturated heterocycles. The molecule has 1 fully saturated rings. The SMILES string of the molecule is COCC(=O)N(CCc1ccccc1)S(=O)(=O)C1CC1. The summed E-state index contributed by atoms with van der Waals surface area (Å²) in [5, 5.41) is -0.390. The molecule has 1 aliphatic rings. The largest absolute Gasteiger partial charge is 0.375 e. The maximum atomic E-state index is 12.3. The number of benzene rings is 1. The number of ether oxygens (including phenoxy) is 1. The third-order valence-corrected chi connectivity index (χ3v) is 5.56. The lowest BCUT2D eigenvalue weighted by atomic mass is 10.1. The van der Waals surface area contributed by atoms with E-state index >= 15 is 0 Å². The molecular formula is C14H19NO4S. The third kappa shape index (κ3) is 3.58. The lowest BCUT2D eigenvalue weighted by Crippen LogP contribution is -2.42. The van der Waals surface area contributed by atoms with E-state index in [-0.39, 0.29) is 18.4 Å². The fraction of sp³-hybridized carbons (Fsp3) is 0.500. The van der Waals surface area contributed by atoms with E-state index in [1.807, 2.05) is 30.3 Å². The highest BCUT2D eigenvalue weighted by atomic mass is 32.2. The van der Waals surface area contributed by atoms with Gasteiger partial charge in [-0.15, -0.1) is 0 Å². The molecule has 0 N–H and O–H groups in total. The first kappa shape index (κ1) is 15.0. The standard InChI is InChI=1S/C14H19NO4S/c1-19-11-14(16)15(20(17,18)13-7-8-13)10-9-12-5-3-2-4-6-12/h2-6,13H,7-11H2,1H3. The van der Waals surface area contributed by atoms with Crippen molar-refractivity contribution in [3.8, 4) is 0 Å². The number of methoxy groups -OCH3 is 1. The van der Waals surface area contributed by atoms with Gasteiger partial charge in [-0.1, -0.05) is 30.3 Å². The summed E-state index contributed by atoms with van der Waals surface area (Å²) in [5.41, 5.74) is 1.01. The van der Waals surface area contributed by atoms with Gasteiger partial charge >= 0.3 is 0 Å². The van der Waals surface area contributed by atoms with Gasteiger partial charge < -0.3 is 4.74 Å². The number of carbonyl (C=O) groups excluding carboxylic acids is 1. The van der Waals surface area contributed by atoms with Crippen LogP contribution in [0.2, 0.25) is 0 Å². The van der Waals surface area contributed by atoms with Crippen LogP contribution in [0.3, 0.4) is 0 Å². The molecule has 1 amide bonds. The monoisotopic (exact) mass is 297 g/mol. The summed E-state index contributed by atoms with van der Waals surface area (Å²) in [6, 6.07) is 9.53. The van der Waals surface area contributed by atoms with Crippen LogP contribution in [0.25, 0.3) is 0 Å². The molecule has 0 spiro atoms. The first-order valence-corrected chi connectivity index (χ1v) is 8.13. The Hall–Kier alpha value is -1.40. The van der Waals surface area contributed by atoms with E-state index in [2.05, 4.69) is 0 Å². The lowest BCUT2D eigenvalue weighted by Gasteiger charge is -2.22. The first-order chi connectivity index (χ1) is 9.55. The second kappa shape index (κ2) is 6.37. The number of hydrogen-bond donors (Lipinski definition) is 0. The highest BCUT2D eigenvalue weighted by Crippen LogP contribution is 2.31. The number of rotatable bonds is 7. The van der Waals surface area contributed by atoms with E-state index in [4.69, 9.17) is 4.74 Å². The number of amides is 1. The summed E-state index contributed by atoms with van der Waals surface area (Å²) in [5.74, 6) is -0.490. The zero-order valence-electron chi connectivity index (χ0n) is 11.5. The predicted octanol–water partition coefficient (Wildman–Crippen LogP) is 1.20. The predicted molar refractivity (Wildman–Crippen MR) is 75.7 cm³/mol. The van der Waals surface area contributed by atoms with Crippen LogP contribution >= 0.6 is 0 Å². The van der Waals surface area contributed by atoms with Gasteiger partial charge in [0.25, 0.3) is 5.91 Å². The van der Waals surface area contributed by atoms with Gasteiger partial charge in [0.05, 0.1) is 5.25 Å². The fourth-order valence-corrected chi connectivity index (χ4v) is 3.78. The van der Waals surface area contributed by atoms with E-state index in [9.17, 15) is 13.2 Å². The van der Waals surface area contributed by atoms with Crippen molar-refractivity contribution in [3.63, 3.8) is 0 Å². The average Bonchev–Trinajstić information content (AvgIpc) is 3.25. The molecule has 2 rings (SSSR count). The van der Waals surface area contributed by atoms with Crippen LogP contribution < -0.4 is 0 Å². The summed E-state index contributed by atoms with van der Waals surface area (Å²) < 4.78 is 30.3. The van der Waals surface area contributed by atoms with Crippen molar-refractivity contribution in [1.29, 1.82) is 0 Å². The van der Waals surface area contributed by atoms with Gasteiger partial charge in [0.2, 0.25) is 10.0 Å². The molecule has 0 bridgehead atoms. The maximum absolute atomic E-state index is 12.3. The molecule has 1 aliphatic carbocycles. The molecule has 0 aliphatic heterocycles. The maximum Gasteiger partial charge on any atom is 0.262 e. The zero-order chi connectivity index (χ0) is 14.6. The Labute approximate surface area is 119 Å². The summed E-state index contributed by atoms with van der Waals surface area (Å²) in [6.07, 6.45) is 1.80. The molecular weight excluding hydrogens is 278 g/mol. The molecule has 0 unspecified atom stereocenters. The van der Waals surface area contributed by atoms with Crippen molar-refractivity contribution in [2.75, 3.05) is 20.3 Å². The Morgan fingerprint density at radius 2 is 1.95 bits per heavy atom. The minimum atomic E-state index is -3.52. The second-order valence-electron chi connectivity index (χ2n) is 4.88. The van der Waals surface area contributed by atoms with Gasteiger partial charge in [-0.2, -0.15) is 0 Å². The first-order valence-electron chi connectivity index (χ1n) is 6.63. The zero-order valence-corrected chi connectivity index (χ0v) is 12.3. The van der Waals surface area contributed by atoms with E-state index in [0.717, 1.165) is 9.87 Å². The van der Waals surface area contributed by atoms with Crippen molar-refractivity contribution in [3.05, 3.63) is 35.9 Å². The van der Waals surface area contributed by atoms with Crippen LogP contribution in [0, 0.1) is 0 Å². The molecule has 0 aromatic heterocycles. The Morgan fingerprint density at radius 3 is 2.50 bits per heavy atom. The Morgan fingerprint density at radius 1 is 1.30 bits per heavy atom. The highest BCUT2D eigenvalue weighted by Gasteiger charge is 2.41. The van der Waals surface area contributed by atoms with Crippen molar-refractivity contribution in [1.82, 2.24) is 4.31 Å². The summed E-state index contributed by atoms with van der Waals surface area (Å²) >= 11 is 0. The van der Waals surface area contributed by atoms with Crippen LogP contribution in [0.4, 0.5) is 0 Å². The van der Waals surface area contributed by atoms with E-state index < -0.39 is 15.9 Å². The van der Waals surface area contributed by atoms with Gasteiger partial charge in [0.1, 0.15) is 6.61 Å². The molecule has 0 atom stereocenters. The fourth-order valence-electron chi connectivity index (χ4n) is 2.01. The topological polar surface area (TPSA) is 63.7 Å². The summed E-state index contributed by atoms with van der Waals surface area (Å²) in [7, 11) is -2.13. The quantitative estimate of drug-likeness (QED) is 0.758. The van der Waals surface area contributed by atoms with E-state index in [1.54, 1.807) is 0 Å². The summed E-state index contributed by atoms with van der Waals surface area (Å²) in [6.45, 7) is -0.0359. The van der Waals surface area contributed by atoms with Gasteiger partial charge in [-0.05, 0) is 24.8 Å². The lowest BCUT2D eigenvalue weighted by molar-refractivity contribution is -0.130. The van der Waals surface area contributed by atoms with E-state index in [0.29, 0.717) is 19.3 Å². The van der Waals surface area contributed by atoms with Gasteiger partial charge in [-0.3, -0.25) is 4.79 Å². The van der Waals surface area contributed by atoms with Crippen molar-refractivity contribution >= 4 is 15.9 Å². The van der Waals surface area contributed by atoms with E-state index in [1.165, 1.54) is 7.11 Å². The van der Waals surface area contributed by atoms with Crippen molar-refractivity contribution < 1.29 is 17.9 Å². The Kier molecular flexibility index (Phi) is 4.77. The normalized spacial score (nSPS) is 15.1. The molecule has 1 aromatic rings. The van der Waals surface area contributed by atoms with Crippen LogP contribution in [-0.4, -0.2) is 44.1 Å². The van der Waals surface area contributed by atoms with Gasteiger partial charge in [0.15, 0.2) is 0 Å². The van der Waals surface area contributed by atoms with Crippen LogP contribution in [-0.2, 0) is 26.0 Å². The molecule has 1 aromatic carbocycles. The average molecular weight is 297 g/mol. The molecule has 0 heterocycles. The Bertz CT molecular complexity index is 552. The smallest absolute Gasteiger partial charge is 0.262 e. The Balaban J connectivity index is 2.08. The van der Waals surface area contributed by atoms with Gasteiger partial charge in [0, 0.05) is 13.7 Å². The second-order valence-corrected chi connectivity index (χ2v) is 7.02. The van der Waals surface area contributed by atoms with Crippen LogP contribution in [0.1, 0.15) is 18.4 Å². The molecule has 5 nitrogen and oxygen atoms in total. The minimum absolute atomic E-state index is 0.172. The number of sulfonamides is 1. The highest BCUT2D eigenvalue weighted by molar-refractivity contribution is 7.90. The minimum Gasteiger partial charge on any atom is -0.375 e. The number of nitrogens with zero attached hydrogens (tertiary/aromatic N) is 1. The molecule has 0 radical (unpaired) electrons.